The molecule has 0 aromatic rings. The third-order valence-corrected chi connectivity index (χ3v) is 10.9. The minimum absolute atomic E-state index is 0.0595. The van der Waals surface area contributed by atoms with Crippen LogP contribution in [0, 0.1) is 29.1 Å². The minimum Gasteiger partial charge on any atom is -0.461 e. The molecule has 0 unspecified atom stereocenters. The van der Waals surface area contributed by atoms with Gasteiger partial charge in [-0.1, -0.05) is 71.1 Å². The second kappa shape index (κ2) is 12.6. The Morgan fingerprint density at radius 3 is 2.26 bits per heavy atom. The summed E-state index contributed by atoms with van der Waals surface area (Å²) in [7, 11) is 0. The first-order valence-electron chi connectivity index (χ1n) is 16.1. The summed E-state index contributed by atoms with van der Waals surface area (Å²) in [5.41, 5.74) is -4.06. The number of hydrogen-bond donors (Lipinski definition) is 2. The van der Waals surface area contributed by atoms with Crippen molar-refractivity contribution in [3.05, 3.63) is 36.0 Å². The van der Waals surface area contributed by atoms with E-state index in [2.05, 4.69) is 6.58 Å². The summed E-state index contributed by atoms with van der Waals surface area (Å²) in [5, 5.41) is 24.9. The molecular weight excluding hydrogens is 548 g/mol. The second-order valence-corrected chi connectivity index (χ2v) is 14.0. The van der Waals surface area contributed by atoms with Crippen molar-refractivity contribution < 1.29 is 38.8 Å². The van der Waals surface area contributed by atoms with Gasteiger partial charge in [0.25, 0.3) is 0 Å². The van der Waals surface area contributed by atoms with Crippen molar-refractivity contribution in [1.29, 1.82) is 0 Å². The molecule has 8 atom stereocenters. The van der Waals surface area contributed by atoms with E-state index in [1.165, 1.54) is 39.5 Å². The van der Waals surface area contributed by atoms with Gasteiger partial charge in [0, 0.05) is 56.0 Å². The third-order valence-electron chi connectivity index (χ3n) is 10.9. The molecule has 0 saturated heterocycles. The first-order valence-corrected chi connectivity index (χ1v) is 16.1. The van der Waals surface area contributed by atoms with Gasteiger partial charge in [0.05, 0.1) is 5.60 Å². The van der Waals surface area contributed by atoms with Crippen LogP contribution in [0.1, 0.15) is 99.3 Å². The Hall–Kier alpha value is -2.29. The fourth-order valence-electron chi connectivity index (χ4n) is 8.81. The lowest BCUT2D eigenvalue weighted by atomic mass is 9.59. The van der Waals surface area contributed by atoms with Crippen LogP contribution in [-0.4, -0.2) is 64.1 Å². The number of hydrogen-bond acceptors (Lipinski definition) is 8. The van der Waals surface area contributed by atoms with Crippen LogP contribution in [0.3, 0.4) is 0 Å². The summed E-state index contributed by atoms with van der Waals surface area (Å²) in [5.74, 6) is -3.76. The van der Waals surface area contributed by atoms with Crippen LogP contribution >= 0.6 is 0 Å². The summed E-state index contributed by atoms with van der Waals surface area (Å²) >= 11 is 0. The standard InChI is InChI=1S/C35H52O8/c1-8-9-10-11-12-13-14-15-16-17-41-31-23(3)34(40)27(29-32(6,7)35(29,31)43-25(5)37)19-26(21-42-24(4)36)20-33(39)28(34)18-22(2)30(33)38/h8,18-19,23,27-29,31,39-40H,1,9-17,20-21H2,2-7H3/t23-,27+,28-,29-,31-,33+,34-,35-/m1/s1. The Morgan fingerprint density at radius 2 is 1.65 bits per heavy atom. The molecule has 0 aromatic heterocycles. The predicted molar refractivity (Wildman–Crippen MR) is 163 cm³/mol. The highest BCUT2D eigenvalue weighted by Gasteiger charge is 2.87. The van der Waals surface area contributed by atoms with Crippen LogP contribution in [0.15, 0.2) is 36.0 Å². The van der Waals surface area contributed by atoms with Crippen LogP contribution in [0.5, 0.6) is 0 Å². The van der Waals surface area contributed by atoms with Crippen LogP contribution in [-0.2, 0) is 28.6 Å². The van der Waals surface area contributed by atoms with E-state index < -0.39 is 63.8 Å². The van der Waals surface area contributed by atoms with Crippen molar-refractivity contribution in [2.45, 2.75) is 122 Å². The van der Waals surface area contributed by atoms with Gasteiger partial charge >= 0.3 is 11.9 Å². The molecule has 0 radical (unpaired) electrons. The fraction of sp³-hybridized carbons (Fsp3) is 0.743. The molecule has 2 N–H and O–H groups in total. The zero-order chi connectivity index (χ0) is 31.8. The molecule has 0 amide bonds. The van der Waals surface area contributed by atoms with Gasteiger partial charge in [-0.2, -0.15) is 0 Å². The van der Waals surface area contributed by atoms with Gasteiger partial charge in [0.15, 0.2) is 5.78 Å². The molecule has 2 fully saturated rings. The normalized spacial score (nSPS) is 37.2. The van der Waals surface area contributed by atoms with E-state index in [1.54, 1.807) is 13.0 Å². The predicted octanol–water partition coefficient (Wildman–Crippen LogP) is 5.40. The zero-order valence-corrected chi connectivity index (χ0v) is 26.9. The molecule has 4 aliphatic rings. The lowest BCUT2D eigenvalue weighted by Gasteiger charge is -2.53. The summed E-state index contributed by atoms with van der Waals surface area (Å²) in [6, 6.07) is 0. The van der Waals surface area contributed by atoms with E-state index >= 15 is 0 Å². The minimum atomic E-state index is -1.88. The van der Waals surface area contributed by atoms with Crippen LogP contribution in [0.4, 0.5) is 0 Å². The highest BCUT2D eigenvalue weighted by molar-refractivity contribution is 6.04. The van der Waals surface area contributed by atoms with Gasteiger partial charge in [0.2, 0.25) is 0 Å². The Bertz CT molecular complexity index is 1170. The summed E-state index contributed by atoms with van der Waals surface area (Å²) < 4.78 is 18.1. The van der Waals surface area contributed by atoms with E-state index in [0.717, 1.165) is 25.7 Å². The van der Waals surface area contributed by atoms with Gasteiger partial charge in [0.1, 0.15) is 23.9 Å². The van der Waals surface area contributed by atoms with E-state index in [1.807, 2.05) is 32.9 Å². The van der Waals surface area contributed by atoms with E-state index in [-0.39, 0.29) is 18.9 Å². The molecule has 4 rings (SSSR count). The number of Topliss-reactive ketones (excluding diaryl/α,β-unsaturated/α-hetero) is 1. The number of carbonyl (C=O) groups excluding carboxylic acids is 3. The summed E-state index contributed by atoms with van der Waals surface area (Å²) in [6.07, 6.45) is 13.6. The third kappa shape index (κ3) is 5.68. The highest BCUT2D eigenvalue weighted by Crippen LogP contribution is 2.77. The molecule has 8 heteroatoms. The average molecular weight is 601 g/mol. The molecule has 2 saturated carbocycles. The SMILES string of the molecule is C=CCCCCCCCCCO[C@@H]1[C@@H](C)[C@@]2(O)[C@@H](C=C(COC(C)=O)C[C@@]3(O)C(=O)C(C)=C[C@@H]23)[C@@H]2C(C)(C)[C@]12OC(C)=O. The number of rotatable bonds is 14. The van der Waals surface area contributed by atoms with Gasteiger partial charge in [-0.25, -0.2) is 0 Å². The smallest absolute Gasteiger partial charge is 0.303 e. The molecule has 0 aromatic carbocycles. The quantitative estimate of drug-likeness (QED) is 0.155. The Kier molecular flexibility index (Phi) is 9.85. The number of ether oxygens (including phenoxy) is 3. The van der Waals surface area contributed by atoms with Crippen molar-refractivity contribution in [3.63, 3.8) is 0 Å². The van der Waals surface area contributed by atoms with E-state index in [9.17, 15) is 24.6 Å². The van der Waals surface area contributed by atoms with Gasteiger partial charge < -0.3 is 24.4 Å². The number of aliphatic hydroxyl groups is 2. The summed E-state index contributed by atoms with van der Waals surface area (Å²) in [6.45, 7) is 14.4. The molecule has 0 heterocycles. The van der Waals surface area contributed by atoms with Gasteiger partial charge in [-0.15, -0.1) is 6.58 Å². The van der Waals surface area contributed by atoms with Crippen molar-refractivity contribution in [2.24, 2.45) is 29.1 Å². The molecule has 0 bridgehead atoms. The highest BCUT2D eigenvalue weighted by atomic mass is 16.6. The molecule has 0 spiro atoms. The molecule has 0 aliphatic heterocycles. The Labute approximate surface area is 256 Å². The number of allylic oxidation sites excluding steroid dienone is 1. The number of carbonyl (C=O) groups is 3. The Balaban J connectivity index is 1.64. The lowest BCUT2D eigenvalue weighted by molar-refractivity contribution is -0.229. The van der Waals surface area contributed by atoms with Crippen LogP contribution in [0.25, 0.3) is 0 Å². The maximum absolute atomic E-state index is 13.4. The topological polar surface area (TPSA) is 119 Å². The second-order valence-electron chi connectivity index (χ2n) is 14.0. The van der Waals surface area contributed by atoms with E-state index in [0.29, 0.717) is 17.8 Å². The van der Waals surface area contributed by atoms with Crippen molar-refractivity contribution in [3.8, 4) is 0 Å². The first kappa shape index (κ1) is 33.6. The maximum Gasteiger partial charge on any atom is 0.303 e. The number of ketones is 1. The van der Waals surface area contributed by atoms with Crippen LogP contribution < -0.4 is 0 Å². The van der Waals surface area contributed by atoms with E-state index in [4.69, 9.17) is 14.2 Å². The molecule has 240 valence electrons. The molecule has 4 aliphatic carbocycles. The number of fused-ring (bicyclic) bond motifs is 5. The molecule has 43 heavy (non-hydrogen) atoms. The molecule has 8 nitrogen and oxygen atoms in total. The number of unbranched alkanes of at least 4 members (excludes halogenated alkanes) is 7. The molecular formula is C35H52O8. The largest absolute Gasteiger partial charge is 0.461 e. The maximum atomic E-state index is 13.4. The van der Waals surface area contributed by atoms with Crippen LogP contribution in [0.2, 0.25) is 0 Å². The van der Waals surface area contributed by atoms with Crippen molar-refractivity contribution in [1.82, 2.24) is 0 Å². The first-order chi connectivity index (χ1) is 20.2. The Morgan fingerprint density at radius 1 is 1.02 bits per heavy atom. The fourth-order valence-corrected chi connectivity index (χ4v) is 8.81. The van der Waals surface area contributed by atoms with Crippen molar-refractivity contribution >= 4 is 17.7 Å². The average Bonchev–Trinajstić information content (AvgIpc) is 3.35. The lowest BCUT2D eigenvalue weighted by Crippen LogP contribution is -2.66. The monoisotopic (exact) mass is 600 g/mol. The van der Waals surface area contributed by atoms with Gasteiger partial charge in [-0.05, 0) is 37.3 Å². The number of esters is 2. The van der Waals surface area contributed by atoms with Gasteiger partial charge in [-0.3, -0.25) is 14.4 Å². The van der Waals surface area contributed by atoms with Crippen molar-refractivity contribution in [2.75, 3.05) is 13.2 Å². The summed E-state index contributed by atoms with van der Waals surface area (Å²) in [4.78, 5) is 37.7. The zero-order valence-electron chi connectivity index (χ0n) is 26.9.